The van der Waals surface area contributed by atoms with E-state index in [1.165, 1.54) is 37.8 Å². The van der Waals surface area contributed by atoms with Gasteiger partial charge in [0, 0.05) is 18.3 Å². The molecule has 0 heterocycles. The van der Waals surface area contributed by atoms with Gasteiger partial charge in [-0.2, -0.15) is 5.26 Å². The molecule has 0 unspecified atom stereocenters. The minimum Gasteiger partial charge on any atom is -0.359 e. The van der Waals surface area contributed by atoms with E-state index in [9.17, 15) is 4.39 Å². The molecule has 0 saturated heterocycles. The Morgan fingerprint density at radius 1 is 1.32 bits per heavy atom. The van der Waals surface area contributed by atoms with E-state index in [2.05, 4.69) is 11.4 Å². The molecule has 3 nitrogen and oxygen atoms in total. The summed E-state index contributed by atoms with van der Waals surface area (Å²) >= 11 is 5.57. The van der Waals surface area contributed by atoms with Crippen molar-refractivity contribution in [3.63, 3.8) is 0 Å². The maximum Gasteiger partial charge on any atom is 0.173 e. The Balaban J connectivity index is 1.69. The van der Waals surface area contributed by atoms with E-state index in [0.717, 1.165) is 17.5 Å². The fourth-order valence-corrected chi connectivity index (χ4v) is 4.14. The predicted octanol–water partition coefficient (Wildman–Crippen LogP) is 3.61. The van der Waals surface area contributed by atoms with Crippen LogP contribution in [0.1, 0.15) is 32.1 Å². The van der Waals surface area contributed by atoms with Crippen LogP contribution in [0.25, 0.3) is 0 Å². The van der Waals surface area contributed by atoms with E-state index in [1.54, 1.807) is 12.1 Å². The highest BCUT2D eigenvalue weighted by atomic mass is 32.1. The highest BCUT2D eigenvalue weighted by Crippen LogP contribution is 2.44. The SMILES string of the molecule is N#CCCN(C(=S)N[C@@H]1C[C@@H]2CC[C@@H]1C2)c1ccc(F)cc1. The second-order valence-corrected chi connectivity index (χ2v) is 6.65. The van der Waals surface area contributed by atoms with E-state index in [4.69, 9.17) is 17.5 Å². The van der Waals surface area contributed by atoms with Gasteiger partial charge in [0.1, 0.15) is 5.82 Å². The van der Waals surface area contributed by atoms with Gasteiger partial charge in [0.05, 0.1) is 12.5 Å². The van der Waals surface area contributed by atoms with Crippen LogP contribution in [0.2, 0.25) is 0 Å². The van der Waals surface area contributed by atoms with Gasteiger partial charge >= 0.3 is 0 Å². The number of rotatable bonds is 4. The van der Waals surface area contributed by atoms with Crippen LogP contribution in [0.3, 0.4) is 0 Å². The third-order valence-corrected chi connectivity index (χ3v) is 5.22. The maximum atomic E-state index is 13.1. The number of halogens is 1. The van der Waals surface area contributed by atoms with Crippen LogP contribution in [-0.2, 0) is 0 Å². The molecule has 0 aliphatic heterocycles. The number of nitrogens with zero attached hydrogens (tertiary/aromatic N) is 2. The van der Waals surface area contributed by atoms with Crippen molar-refractivity contribution in [1.82, 2.24) is 5.32 Å². The number of hydrogen-bond donors (Lipinski definition) is 1. The third kappa shape index (κ3) is 3.22. The van der Waals surface area contributed by atoms with E-state index in [-0.39, 0.29) is 5.82 Å². The Labute approximate surface area is 136 Å². The molecule has 1 aromatic rings. The van der Waals surface area contributed by atoms with Crippen LogP contribution in [0.15, 0.2) is 24.3 Å². The van der Waals surface area contributed by atoms with Gasteiger partial charge in [-0.25, -0.2) is 4.39 Å². The smallest absolute Gasteiger partial charge is 0.173 e. The van der Waals surface area contributed by atoms with E-state index < -0.39 is 0 Å². The summed E-state index contributed by atoms with van der Waals surface area (Å²) in [4.78, 5) is 1.91. The molecule has 116 valence electrons. The maximum absolute atomic E-state index is 13.1. The third-order valence-electron chi connectivity index (χ3n) is 4.88. The standard InChI is InChI=1S/C17H20FN3S/c18-14-4-6-15(7-5-14)21(9-1-8-19)17(22)20-16-11-12-2-3-13(16)10-12/h4-7,12-13,16H,1-3,9-11H2,(H,20,22)/t12-,13-,16-/m1/s1. The zero-order valence-electron chi connectivity index (χ0n) is 12.5. The molecule has 3 atom stereocenters. The quantitative estimate of drug-likeness (QED) is 0.861. The van der Waals surface area contributed by atoms with Crippen LogP contribution in [0.5, 0.6) is 0 Å². The van der Waals surface area contributed by atoms with E-state index in [0.29, 0.717) is 24.1 Å². The van der Waals surface area contributed by atoms with Crippen molar-refractivity contribution in [1.29, 1.82) is 5.26 Å². The van der Waals surface area contributed by atoms with Gasteiger partial charge in [-0.15, -0.1) is 0 Å². The lowest BCUT2D eigenvalue weighted by molar-refractivity contribution is 0.390. The van der Waals surface area contributed by atoms with Gasteiger partial charge in [0.25, 0.3) is 0 Å². The molecule has 2 fully saturated rings. The molecule has 0 spiro atoms. The molecule has 22 heavy (non-hydrogen) atoms. The molecule has 2 bridgehead atoms. The molecule has 0 aromatic heterocycles. The Morgan fingerprint density at radius 2 is 2.09 bits per heavy atom. The summed E-state index contributed by atoms with van der Waals surface area (Å²) < 4.78 is 13.1. The molecular formula is C17H20FN3S. The van der Waals surface area contributed by atoms with E-state index >= 15 is 0 Å². The number of anilines is 1. The minimum atomic E-state index is -0.268. The van der Waals surface area contributed by atoms with Crippen molar-refractivity contribution >= 4 is 23.0 Å². The lowest BCUT2D eigenvalue weighted by Gasteiger charge is -2.30. The van der Waals surface area contributed by atoms with Crippen LogP contribution >= 0.6 is 12.2 Å². The Hall–Kier alpha value is -1.67. The number of nitriles is 1. The van der Waals surface area contributed by atoms with Gasteiger partial charge in [0.2, 0.25) is 0 Å². The van der Waals surface area contributed by atoms with Gasteiger partial charge in [0.15, 0.2) is 5.11 Å². The molecular weight excluding hydrogens is 297 g/mol. The highest BCUT2D eigenvalue weighted by Gasteiger charge is 2.40. The predicted molar refractivity (Wildman–Crippen MR) is 88.9 cm³/mol. The van der Waals surface area contributed by atoms with Crippen LogP contribution in [0.4, 0.5) is 10.1 Å². The first-order chi connectivity index (χ1) is 10.7. The average Bonchev–Trinajstić information content (AvgIpc) is 3.12. The van der Waals surface area contributed by atoms with Gasteiger partial charge < -0.3 is 10.2 Å². The highest BCUT2D eigenvalue weighted by molar-refractivity contribution is 7.80. The zero-order chi connectivity index (χ0) is 15.5. The summed E-state index contributed by atoms with van der Waals surface area (Å²) in [5.74, 6) is 1.31. The summed E-state index contributed by atoms with van der Waals surface area (Å²) in [6.07, 6.45) is 5.54. The fraction of sp³-hybridized carbons (Fsp3) is 0.529. The molecule has 1 N–H and O–H groups in total. The number of hydrogen-bond acceptors (Lipinski definition) is 2. The normalized spacial score (nSPS) is 25.7. The summed E-state index contributed by atoms with van der Waals surface area (Å²) in [5, 5.41) is 13.0. The molecule has 1 aromatic carbocycles. The summed E-state index contributed by atoms with van der Waals surface area (Å²) in [6, 6.07) is 8.88. The zero-order valence-corrected chi connectivity index (χ0v) is 13.3. The number of nitrogens with one attached hydrogen (secondary N) is 1. The van der Waals surface area contributed by atoms with Gasteiger partial charge in [-0.05, 0) is 67.6 Å². The lowest BCUT2D eigenvalue weighted by atomic mass is 9.95. The van der Waals surface area contributed by atoms with Crippen molar-refractivity contribution in [3.8, 4) is 6.07 Å². The molecule has 0 radical (unpaired) electrons. The first-order valence-electron chi connectivity index (χ1n) is 7.88. The topological polar surface area (TPSA) is 39.1 Å². The fourth-order valence-electron chi connectivity index (χ4n) is 3.79. The van der Waals surface area contributed by atoms with E-state index in [1.807, 2.05) is 4.90 Å². The average molecular weight is 317 g/mol. The van der Waals surface area contributed by atoms with Gasteiger partial charge in [-0.3, -0.25) is 0 Å². The van der Waals surface area contributed by atoms with Crippen molar-refractivity contribution in [2.45, 2.75) is 38.1 Å². The number of fused-ring (bicyclic) bond motifs is 2. The van der Waals surface area contributed by atoms with Crippen LogP contribution < -0.4 is 10.2 Å². The van der Waals surface area contributed by atoms with Crippen molar-refractivity contribution < 1.29 is 4.39 Å². The minimum absolute atomic E-state index is 0.268. The second kappa shape index (κ2) is 6.62. The first-order valence-corrected chi connectivity index (χ1v) is 8.28. The Bertz CT molecular complexity index is 581. The van der Waals surface area contributed by atoms with Crippen LogP contribution in [0, 0.1) is 29.0 Å². The van der Waals surface area contributed by atoms with Gasteiger partial charge in [-0.1, -0.05) is 6.42 Å². The van der Waals surface area contributed by atoms with Crippen LogP contribution in [-0.4, -0.2) is 17.7 Å². The Kier molecular flexibility index (Phi) is 4.58. The summed E-state index contributed by atoms with van der Waals surface area (Å²) in [7, 11) is 0. The molecule has 5 heteroatoms. The largest absolute Gasteiger partial charge is 0.359 e. The molecule has 0 amide bonds. The first kappa shape index (κ1) is 15.2. The monoisotopic (exact) mass is 317 g/mol. The van der Waals surface area contributed by atoms with Crippen molar-refractivity contribution in [2.24, 2.45) is 11.8 Å². The summed E-state index contributed by atoms with van der Waals surface area (Å²) in [6.45, 7) is 0.523. The molecule has 2 aliphatic rings. The van der Waals surface area contributed by atoms with Crippen molar-refractivity contribution in [3.05, 3.63) is 30.1 Å². The molecule has 2 aliphatic carbocycles. The molecule has 3 rings (SSSR count). The Morgan fingerprint density at radius 3 is 2.68 bits per heavy atom. The number of thiocarbonyl (C=S) groups is 1. The second-order valence-electron chi connectivity index (χ2n) is 6.27. The number of benzene rings is 1. The molecule has 2 saturated carbocycles. The van der Waals surface area contributed by atoms with Crippen molar-refractivity contribution in [2.75, 3.05) is 11.4 Å². The summed E-state index contributed by atoms with van der Waals surface area (Å²) in [5.41, 5.74) is 0.831. The lowest BCUT2D eigenvalue weighted by Crippen LogP contribution is -2.47.